The second-order valence-corrected chi connectivity index (χ2v) is 8.59. The number of benzene rings is 1. The van der Waals surface area contributed by atoms with Crippen molar-refractivity contribution in [3.8, 4) is 5.69 Å². The fourth-order valence-electron chi connectivity index (χ4n) is 4.36. The Kier molecular flexibility index (Phi) is 4.41. The first-order valence-corrected chi connectivity index (χ1v) is 11.1. The van der Waals surface area contributed by atoms with E-state index in [0.717, 1.165) is 57.3 Å². The molecule has 1 fully saturated rings. The van der Waals surface area contributed by atoms with E-state index in [1.807, 2.05) is 47.5 Å². The number of imidazole rings is 1. The number of fused-ring (bicyclic) bond motifs is 2. The molecule has 0 radical (unpaired) electrons. The number of aromatic amines is 1. The molecule has 1 aliphatic rings. The summed E-state index contributed by atoms with van der Waals surface area (Å²) in [5, 5.41) is 10.1. The first kappa shape index (κ1) is 18.4. The quantitative estimate of drug-likeness (QED) is 0.395. The van der Waals surface area contributed by atoms with Crippen molar-refractivity contribution in [3.63, 3.8) is 0 Å². The minimum atomic E-state index is 0.319. The van der Waals surface area contributed by atoms with Crippen molar-refractivity contribution in [1.82, 2.24) is 34.7 Å². The van der Waals surface area contributed by atoms with Gasteiger partial charge in [0.25, 0.3) is 0 Å². The molecule has 6 rings (SSSR count). The predicted molar refractivity (Wildman–Crippen MR) is 122 cm³/mol. The minimum Gasteiger partial charge on any atom is -0.351 e. The zero-order valence-electron chi connectivity index (χ0n) is 16.5. The number of hydrogen-bond acceptors (Lipinski definition) is 6. The molecular formula is C22H19BrN8. The normalized spacial score (nSPS) is 18.7. The first-order chi connectivity index (χ1) is 15.2. The van der Waals surface area contributed by atoms with Gasteiger partial charge in [-0.2, -0.15) is 10.1 Å². The van der Waals surface area contributed by atoms with E-state index in [2.05, 4.69) is 52.3 Å². The van der Waals surface area contributed by atoms with Gasteiger partial charge in [0.15, 0.2) is 5.65 Å². The van der Waals surface area contributed by atoms with Gasteiger partial charge in [0.1, 0.15) is 10.4 Å². The van der Waals surface area contributed by atoms with Crippen molar-refractivity contribution in [3.05, 3.63) is 65.5 Å². The summed E-state index contributed by atoms with van der Waals surface area (Å²) in [6.07, 6.45) is 10.5. The summed E-state index contributed by atoms with van der Waals surface area (Å²) in [4.78, 5) is 21.4. The number of aromatic nitrogens is 7. The molecule has 31 heavy (non-hydrogen) atoms. The molecule has 1 aliphatic carbocycles. The average molecular weight is 475 g/mol. The largest absolute Gasteiger partial charge is 0.351 e. The Balaban J connectivity index is 1.32. The summed E-state index contributed by atoms with van der Waals surface area (Å²) in [5.41, 5.74) is 2.64. The Labute approximate surface area is 186 Å². The van der Waals surface area contributed by atoms with Gasteiger partial charge in [0.05, 0.1) is 16.6 Å². The van der Waals surface area contributed by atoms with Crippen LogP contribution in [0.1, 0.15) is 31.0 Å². The van der Waals surface area contributed by atoms with Gasteiger partial charge in [0, 0.05) is 42.1 Å². The monoisotopic (exact) mass is 474 g/mol. The van der Waals surface area contributed by atoms with E-state index >= 15 is 0 Å². The molecule has 0 aliphatic heterocycles. The van der Waals surface area contributed by atoms with E-state index in [4.69, 9.17) is 4.98 Å². The molecule has 0 amide bonds. The van der Waals surface area contributed by atoms with Gasteiger partial charge in [-0.3, -0.25) is 4.98 Å². The van der Waals surface area contributed by atoms with E-state index in [-0.39, 0.29) is 0 Å². The third-order valence-electron chi connectivity index (χ3n) is 5.88. The first-order valence-electron chi connectivity index (χ1n) is 10.3. The molecule has 1 aromatic carbocycles. The zero-order chi connectivity index (χ0) is 20.8. The summed E-state index contributed by atoms with van der Waals surface area (Å²) >= 11 is 3.55. The number of H-pyrrole nitrogens is 1. The minimum absolute atomic E-state index is 0.319. The van der Waals surface area contributed by atoms with Crippen molar-refractivity contribution < 1.29 is 0 Å². The number of rotatable bonds is 4. The van der Waals surface area contributed by atoms with Crippen molar-refractivity contribution >= 4 is 43.8 Å². The summed E-state index contributed by atoms with van der Waals surface area (Å²) in [7, 11) is 0. The van der Waals surface area contributed by atoms with Crippen LogP contribution in [0.15, 0.2) is 59.7 Å². The number of hydrogen-bond donors (Lipinski definition) is 2. The molecule has 8 nitrogen and oxygen atoms in total. The maximum atomic E-state index is 4.81. The Morgan fingerprint density at radius 1 is 1.10 bits per heavy atom. The predicted octanol–water partition coefficient (Wildman–Crippen LogP) is 4.60. The molecule has 0 saturated heterocycles. The van der Waals surface area contributed by atoms with Crippen LogP contribution in [0.3, 0.4) is 0 Å². The lowest BCUT2D eigenvalue weighted by atomic mass is 10.1. The van der Waals surface area contributed by atoms with Crippen molar-refractivity contribution in [1.29, 1.82) is 0 Å². The number of nitrogens with one attached hydrogen (secondary N) is 2. The highest BCUT2D eigenvalue weighted by atomic mass is 79.9. The highest BCUT2D eigenvalue weighted by Crippen LogP contribution is 2.34. The highest BCUT2D eigenvalue weighted by molar-refractivity contribution is 9.10. The van der Waals surface area contributed by atoms with Crippen LogP contribution in [0.25, 0.3) is 27.6 Å². The molecule has 4 heterocycles. The van der Waals surface area contributed by atoms with E-state index < -0.39 is 0 Å². The number of anilines is 1. The Morgan fingerprint density at radius 2 is 2.06 bits per heavy atom. The molecule has 0 unspecified atom stereocenters. The Morgan fingerprint density at radius 3 is 2.97 bits per heavy atom. The summed E-state index contributed by atoms with van der Waals surface area (Å²) in [5.74, 6) is 2.13. The second kappa shape index (κ2) is 7.42. The molecule has 5 aromatic rings. The summed E-state index contributed by atoms with van der Waals surface area (Å²) in [6.45, 7) is 0. The topological polar surface area (TPSA) is 97.2 Å². The van der Waals surface area contributed by atoms with Gasteiger partial charge in [0.2, 0.25) is 5.95 Å². The van der Waals surface area contributed by atoms with Crippen LogP contribution in [-0.4, -0.2) is 40.7 Å². The van der Waals surface area contributed by atoms with E-state index in [1.165, 1.54) is 0 Å². The average Bonchev–Trinajstić information content (AvgIpc) is 3.54. The number of pyridine rings is 1. The molecule has 9 heteroatoms. The van der Waals surface area contributed by atoms with Crippen LogP contribution in [0.2, 0.25) is 0 Å². The molecule has 154 valence electrons. The smallest absolute Gasteiger partial charge is 0.224 e. The highest BCUT2D eigenvalue weighted by Gasteiger charge is 2.28. The second-order valence-electron chi connectivity index (χ2n) is 7.84. The fourth-order valence-corrected chi connectivity index (χ4v) is 4.80. The maximum Gasteiger partial charge on any atom is 0.224 e. The van der Waals surface area contributed by atoms with Crippen molar-refractivity contribution in [2.45, 2.75) is 31.2 Å². The van der Waals surface area contributed by atoms with Crippen LogP contribution in [-0.2, 0) is 0 Å². The van der Waals surface area contributed by atoms with Gasteiger partial charge in [-0.25, -0.2) is 14.6 Å². The molecule has 4 aromatic heterocycles. The van der Waals surface area contributed by atoms with Crippen molar-refractivity contribution in [2.24, 2.45) is 0 Å². The lowest BCUT2D eigenvalue weighted by Gasteiger charge is -2.13. The summed E-state index contributed by atoms with van der Waals surface area (Å²) in [6, 6.07) is 10.4. The Hall–Kier alpha value is -3.33. The van der Waals surface area contributed by atoms with Crippen molar-refractivity contribution in [2.75, 3.05) is 5.32 Å². The fraction of sp³-hybridized carbons (Fsp3) is 0.227. The van der Waals surface area contributed by atoms with Gasteiger partial charge >= 0.3 is 0 Å². The van der Waals surface area contributed by atoms with Crippen LogP contribution in [0.4, 0.5) is 5.95 Å². The molecule has 2 atom stereocenters. The third-order valence-corrected chi connectivity index (χ3v) is 6.47. The molecule has 1 saturated carbocycles. The molecule has 2 N–H and O–H groups in total. The van der Waals surface area contributed by atoms with E-state index in [1.54, 1.807) is 6.20 Å². The van der Waals surface area contributed by atoms with E-state index in [9.17, 15) is 0 Å². The van der Waals surface area contributed by atoms with Gasteiger partial charge in [-0.15, -0.1) is 0 Å². The van der Waals surface area contributed by atoms with Gasteiger partial charge in [-0.1, -0.05) is 6.07 Å². The maximum absolute atomic E-state index is 4.81. The van der Waals surface area contributed by atoms with Crippen LogP contribution >= 0.6 is 15.9 Å². The number of halogens is 1. The molecular weight excluding hydrogens is 456 g/mol. The SMILES string of the molecule is Brc1nn(-c2ccc3ncccc3c2)c2nc(N[C@@H]3CC[C@@H](c4ncc[nH]4)C3)ncc12. The summed E-state index contributed by atoms with van der Waals surface area (Å²) < 4.78 is 2.57. The van der Waals surface area contributed by atoms with Gasteiger partial charge in [-0.05, 0) is 59.5 Å². The van der Waals surface area contributed by atoms with Crippen LogP contribution in [0.5, 0.6) is 0 Å². The standard InChI is InChI=1S/C22H19BrN8/c23-19-17-12-27-22(28-15-4-3-14(10-15)20-25-8-9-26-20)29-21(17)31(30-19)16-5-6-18-13(11-16)2-1-7-24-18/h1-2,5-9,11-12,14-15H,3-4,10H2,(H,25,26)(H,27,28,29)/t14-,15-/m1/s1. The van der Waals surface area contributed by atoms with Crippen LogP contribution in [0, 0.1) is 0 Å². The number of nitrogens with zero attached hydrogens (tertiary/aromatic N) is 6. The van der Waals surface area contributed by atoms with E-state index in [0.29, 0.717) is 17.9 Å². The Bertz CT molecular complexity index is 1380. The lowest BCUT2D eigenvalue weighted by Crippen LogP contribution is -2.17. The lowest BCUT2D eigenvalue weighted by molar-refractivity contribution is 0.664. The third kappa shape index (κ3) is 3.34. The zero-order valence-corrected chi connectivity index (χ0v) is 18.1. The molecule has 0 bridgehead atoms. The van der Waals surface area contributed by atoms with Gasteiger partial charge < -0.3 is 10.3 Å². The molecule has 0 spiro atoms. The van der Waals surface area contributed by atoms with Crippen LogP contribution < -0.4 is 5.32 Å².